The Labute approximate surface area is 155 Å². The van der Waals surface area contributed by atoms with Gasteiger partial charge in [0.2, 0.25) is 0 Å². The zero-order chi connectivity index (χ0) is 19.3. The van der Waals surface area contributed by atoms with E-state index in [1.165, 1.54) is 0 Å². The van der Waals surface area contributed by atoms with E-state index in [-0.39, 0.29) is 28.8 Å². The van der Waals surface area contributed by atoms with Crippen molar-refractivity contribution in [3.63, 3.8) is 0 Å². The van der Waals surface area contributed by atoms with Crippen LogP contribution in [-0.2, 0) is 16.0 Å². The molecule has 1 heterocycles. The summed E-state index contributed by atoms with van der Waals surface area (Å²) in [7, 11) is 0. The summed E-state index contributed by atoms with van der Waals surface area (Å²) in [6, 6.07) is 5.85. The number of ketones is 1. The molecule has 1 amide bonds. The normalized spacial score (nSPS) is 21.4. The molecular weight excluding hydrogens is 330 g/mol. The number of amides is 1. The smallest absolute Gasteiger partial charge is 0.259 e. The maximum absolute atomic E-state index is 12.6. The molecule has 3 unspecified atom stereocenters. The molecule has 1 aromatic carbocycles. The number of phenols is 1. The van der Waals surface area contributed by atoms with Crippen LogP contribution in [0.1, 0.15) is 52.0 Å². The molecule has 1 saturated heterocycles. The van der Waals surface area contributed by atoms with Gasteiger partial charge in [0.05, 0.1) is 6.04 Å². The molecular formula is C21H29NO4. The molecule has 1 aliphatic rings. The van der Waals surface area contributed by atoms with Crippen molar-refractivity contribution in [3.05, 3.63) is 41.2 Å². The van der Waals surface area contributed by atoms with Crippen molar-refractivity contribution in [2.45, 2.75) is 58.9 Å². The van der Waals surface area contributed by atoms with Crippen molar-refractivity contribution < 1.29 is 19.8 Å². The quantitative estimate of drug-likeness (QED) is 0.375. The summed E-state index contributed by atoms with van der Waals surface area (Å²) in [5.74, 6) is -0.583. The Morgan fingerprint density at radius 3 is 2.46 bits per heavy atom. The average Bonchev–Trinajstić information content (AvgIpc) is 2.88. The van der Waals surface area contributed by atoms with Crippen LogP contribution in [0, 0.1) is 11.8 Å². The van der Waals surface area contributed by atoms with Crippen molar-refractivity contribution >= 4 is 11.7 Å². The van der Waals surface area contributed by atoms with Crippen LogP contribution in [0.3, 0.4) is 0 Å². The highest BCUT2D eigenvalue weighted by atomic mass is 16.3. The average molecular weight is 359 g/mol. The number of aliphatic hydroxyl groups is 1. The summed E-state index contributed by atoms with van der Waals surface area (Å²) in [5.41, 5.74) is 0.743. The van der Waals surface area contributed by atoms with Gasteiger partial charge in [-0.25, -0.2) is 0 Å². The number of aromatic hydroxyl groups is 1. The number of benzene rings is 1. The van der Waals surface area contributed by atoms with Gasteiger partial charge < -0.3 is 15.5 Å². The van der Waals surface area contributed by atoms with Gasteiger partial charge in [-0.2, -0.15) is 0 Å². The number of hydrogen-bond donors (Lipinski definition) is 3. The van der Waals surface area contributed by atoms with E-state index in [0.717, 1.165) is 31.2 Å². The molecule has 142 valence electrons. The van der Waals surface area contributed by atoms with Crippen LogP contribution in [0.4, 0.5) is 0 Å². The maximum atomic E-state index is 12.6. The molecule has 5 heteroatoms. The third-order valence-corrected chi connectivity index (χ3v) is 5.00. The zero-order valence-electron chi connectivity index (χ0n) is 15.8. The van der Waals surface area contributed by atoms with Gasteiger partial charge in [0.1, 0.15) is 17.1 Å². The minimum absolute atomic E-state index is 0.0935. The largest absolute Gasteiger partial charge is 0.511 e. The second-order valence-corrected chi connectivity index (χ2v) is 7.41. The molecule has 5 nitrogen and oxygen atoms in total. The summed E-state index contributed by atoms with van der Waals surface area (Å²) >= 11 is 0. The molecule has 1 aromatic rings. The van der Waals surface area contributed by atoms with Gasteiger partial charge in [0.15, 0.2) is 5.78 Å². The number of unbranched alkanes of at least 4 members (excludes halogenated alkanes) is 1. The number of aliphatic hydroxyl groups excluding tert-OH is 1. The minimum atomic E-state index is -0.672. The minimum Gasteiger partial charge on any atom is -0.511 e. The topological polar surface area (TPSA) is 86.6 Å². The van der Waals surface area contributed by atoms with Crippen LogP contribution in [0.15, 0.2) is 35.6 Å². The molecule has 3 N–H and O–H groups in total. The Bertz CT molecular complexity index is 678. The highest BCUT2D eigenvalue weighted by Gasteiger charge is 2.39. The Balaban J connectivity index is 2.08. The number of Topliss-reactive ketones (excluding diaryl/α,β-unsaturated/α-hetero) is 1. The summed E-state index contributed by atoms with van der Waals surface area (Å²) in [5, 5.41) is 22.5. The number of rotatable bonds is 8. The summed E-state index contributed by atoms with van der Waals surface area (Å²) in [6.07, 6.45) is 4.43. The van der Waals surface area contributed by atoms with Crippen molar-refractivity contribution in [3.8, 4) is 5.75 Å². The highest BCUT2D eigenvalue weighted by Crippen LogP contribution is 2.27. The maximum Gasteiger partial charge on any atom is 0.259 e. The highest BCUT2D eigenvalue weighted by molar-refractivity contribution is 6.26. The molecule has 26 heavy (non-hydrogen) atoms. The molecule has 1 fully saturated rings. The fourth-order valence-electron chi connectivity index (χ4n) is 3.47. The second-order valence-electron chi connectivity index (χ2n) is 7.41. The molecule has 1 aliphatic heterocycles. The monoisotopic (exact) mass is 359 g/mol. The first kappa shape index (κ1) is 20.0. The molecule has 0 spiro atoms. The van der Waals surface area contributed by atoms with E-state index in [2.05, 4.69) is 19.2 Å². The van der Waals surface area contributed by atoms with Crippen LogP contribution < -0.4 is 5.32 Å². The van der Waals surface area contributed by atoms with Crippen LogP contribution >= 0.6 is 0 Å². The summed E-state index contributed by atoms with van der Waals surface area (Å²) in [4.78, 5) is 24.9. The van der Waals surface area contributed by atoms with Gasteiger partial charge in [-0.1, -0.05) is 52.2 Å². The van der Waals surface area contributed by atoms with Crippen LogP contribution in [0.5, 0.6) is 5.75 Å². The lowest BCUT2D eigenvalue weighted by atomic mass is 9.89. The van der Waals surface area contributed by atoms with Gasteiger partial charge in [-0.05, 0) is 30.0 Å². The van der Waals surface area contributed by atoms with Crippen LogP contribution in [0.2, 0.25) is 0 Å². The number of allylic oxidation sites excluding steroid dienone is 1. The molecule has 0 saturated carbocycles. The van der Waals surface area contributed by atoms with Crippen LogP contribution in [0.25, 0.3) is 0 Å². The van der Waals surface area contributed by atoms with Crippen molar-refractivity contribution in [1.29, 1.82) is 0 Å². The Morgan fingerprint density at radius 2 is 1.85 bits per heavy atom. The number of nitrogens with one attached hydrogen (secondary N) is 1. The molecule has 0 bridgehead atoms. The fourth-order valence-corrected chi connectivity index (χ4v) is 3.47. The first-order valence-electron chi connectivity index (χ1n) is 9.39. The van der Waals surface area contributed by atoms with E-state index >= 15 is 0 Å². The Hall–Kier alpha value is -2.30. The second kappa shape index (κ2) is 8.88. The van der Waals surface area contributed by atoms with Crippen molar-refractivity contribution in [2.24, 2.45) is 11.8 Å². The van der Waals surface area contributed by atoms with E-state index < -0.39 is 11.9 Å². The van der Waals surface area contributed by atoms with E-state index in [4.69, 9.17) is 0 Å². The lowest BCUT2D eigenvalue weighted by molar-refractivity contribution is -0.117. The zero-order valence-corrected chi connectivity index (χ0v) is 15.8. The number of phenolic OH excluding ortho intramolecular Hbond substituents is 1. The lowest BCUT2D eigenvalue weighted by Gasteiger charge is -2.17. The fraction of sp³-hybridized carbons (Fsp3) is 0.524. The molecule has 0 aliphatic carbocycles. The van der Waals surface area contributed by atoms with Crippen LogP contribution in [-0.4, -0.2) is 27.9 Å². The first-order chi connectivity index (χ1) is 12.3. The number of hydrogen-bond acceptors (Lipinski definition) is 4. The van der Waals surface area contributed by atoms with Crippen molar-refractivity contribution in [1.82, 2.24) is 5.32 Å². The third-order valence-electron chi connectivity index (χ3n) is 5.00. The van der Waals surface area contributed by atoms with Gasteiger partial charge in [0, 0.05) is 12.3 Å². The van der Waals surface area contributed by atoms with Gasteiger partial charge in [-0.15, -0.1) is 0 Å². The molecule has 3 atom stereocenters. The SMILES string of the molecule is CCCCC(C)CC(C)C(O)=C1C(=O)NC(Cc2ccc(O)cc2)C1=O. The van der Waals surface area contributed by atoms with E-state index in [1.54, 1.807) is 24.3 Å². The lowest BCUT2D eigenvalue weighted by Crippen LogP contribution is -2.31. The first-order valence-corrected chi connectivity index (χ1v) is 9.39. The Kier molecular flexibility index (Phi) is 6.83. The third kappa shape index (κ3) is 4.87. The molecule has 0 aromatic heterocycles. The predicted octanol–water partition coefficient (Wildman–Crippen LogP) is 3.67. The molecule has 2 rings (SSSR count). The van der Waals surface area contributed by atoms with Gasteiger partial charge in [-0.3, -0.25) is 9.59 Å². The van der Waals surface area contributed by atoms with Gasteiger partial charge >= 0.3 is 0 Å². The molecule has 0 radical (unpaired) electrons. The van der Waals surface area contributed by atoms with Gasteiger partial charge in [0.25, 0.3) is 5.91 Å². The Morgan fingerprint density at radius 1 is 1.19 bits per heavy atom. The standard InChI is InChI=1S/C21H29NO4/c1-4-5-6-13(2)11-14(3)19(24)18-20(25)17(22-21(18)26)12-15-7-9-16(23)10-8-15/h7-10,13-14,17,23-24H,4-6,11-12H2,1-3H3,(H,22,26). The van der Waals surface area contributed by atoms with E-state index in [1.807, 2.05) is 6.92 Å². The summed E-state index contributed by atoms with van der Waals surface area (Å²) in [6.45, 7) is 6.14. The van der Waals surface area contributed by atoms with E-state index in [0.29, 0.717) is 12.3 Å². The van der Waals surface area contributed by atoms with Crippen molar-refractivity contribution in [2.75, 3.05) is 0 Å². The summed E-state index contributed by atoms with van der Waals surface area (Å²) < 4.78 is 0. The number of carbonyl (C=O) groups excluding carboxylic acids is 2. The number of carbonyl (C=O) groups is 2. The van der Waals surface area contributed by atoms with E-state index in [9.17, 15) is 19.8 Å². The predicted molar refractivity (Wildman–Crippen MR) is 101 cm³/mol.